The summed E-state index contributed by atoms with van der Waals surface area (Å²) in [5.74, 6) is 1.76. The first-order valence-corrected chi connectivity index (χ1v) is 5.59. The Labute approximate surface area is 82.3 Å². The average Bonchev–Trinajstić information content (AvgIpc) is 2.54. The van der Waals surface area contributed by atoms with Crippen LogP contribution in [-0.2, 0) is 6.42 Å². The minimum atomic E-state index is 0.692. The van der Waals surface area contributed by atoms with Crippen molar-refractivity contribution < 1.29 is 10.2 Å². The topological polar surface area (TPSA) is 66.6 Å². The summed E-state index contributed by atoms with van der Waals surface area (Å²) in [4.78, 5) is 0. The Hall–Kier alpha value is -0.550. The molecular weight excluding hydrogens is 186 g/mol. The lowest BCUT2D eigenvalue weighted by Gasteiger charge is -1.91. The van der Waals surface area contributed by atoms with Gasteiger partial charge in [-0.15, -0.1) is 10.2 Å². The van der Waals surface area contributed by atoms with E-state index in [2.05, 4.69) is 22.9 Å². The largest absolute Gasteiger partial charge is 0.416 e. The maximum Gasteiger partial charge on any atom is 0.276 e. The molecular formula is C8H16N3OS+. The first-order chi connectivity index (χ1) is 6.36. The van der Waals surface area contributed by atoms with Gasteiger partial charge in [-0.1, -0.05) is 25.1 Å². The number of aromatic nitrogens is 2. The Bertz CT molecular complexity index is 239. The summed E-state index contributed by atoms with van der Waals surface area (Å²) >= 11 is 1.63. The normalized spacial score (nSPS) is 10.6. The van der Waals surface area contributed by atoms with Crippen molar-refractivity contribution in [2.45, 2.75) is 31.4 Å². The van der Waals surface area contributed by atoms with Gasteiger partial charge in [0.2, 0.25) is 5.89 Å². The van der Waals surface area contributed by atoms with E-state index in [0.29, 0.717) is 11.1 Å². The molecule has 1 aromatic heterocycles. The summed E-state index contributed by atoms with van der Waals surface area (Å²) in [6, 6.07) is 0. The Kier molecular flexibility index (Phi) is 4.85. The molecule has 0 amide bonds. The van der Waals surface area contributed by atoms with E-state index in [1.54, 1.807) is 11.8 Å². The number of nitrogens with zero attached hydrogens (tertiary/aromatic N) is 2. The number of rotatable bonds is 6. The molecule has 1 heterocycles. The lowest BCUT2D eigenvalue weighted by Crippen LogP contribution is -2.51. The molecule has 1 rings (SSSR count). The molecule has 0 aliphatic heterocycles. The fourth-order valence-corrected chi connectivity index (χ4v) is 1.71. The lowest BCUT2D eigenvalue weighted by molar-refractivity contribution is -0.367. The summed E-state index contributed by atoms with van der Waals surface area (Å²) in [5, 5.41) is 8.52. The second kappa shape index (κ2) is 5.99. The molecule has 0 aromatic carbocycles. The summed E-state index contributed by atoms with van der Waals surface area (Å²) in [6.07, 6.45) is 3.17. The first kappa shape index (κ1) is 10.5. The fraction of sp³-hybridized carbons (Fsp3) is 0.750. The van der Waals surface area contributed by atoms with E-state index in [-0.39, 0.29) is 0 Å². The third kappa shape index (κ3) is 3.78. The quantitative estimate of drug-likeness (QED) is 0.546. The van der Waals surface area contributed by atoms with Crippen molar-refractivity contribution in [3.05, 3.63) is 5.89 Å². The first-order valence-electron chi connectivity index (χ1n) is 4.61. The number of hydrogen-bond acceptors (Lipinski definition) is 4. The highest BCUT2D eigenvalue weighted by Gasteiger charge is 2.05. The molecule has 3 N–H and O–H groups in total. The van der Waals surface area contributed by atoms with Gasteiger partial charge in [0.15, 0.2) is 0 Å². The van der Waals surface area contributed by atoms with E-state index >= 15 is 0 Å². The lowest BCUT2D eigenvalue weighted by atomic mass is 10.4. The van der Waals surface area contributed by atoms with E-state index in [1.165, 1.54) is 12.8 Å². The predicted molar refractivity (Wildman–Crippen MR) is 51.4 cm³/mol. The highest BCUT2D eigenvalue weighted by Crippen LogP contribution is 2.17. The van der Waals surface area contributed by atoms with Gasteiger partial charge in [-0.25, -0.2) is 0 Å². The maximum atomic E-state index is 5.37. The second-order valence-corrected chi connectivity index (χ2v) is 3.81. The van der Waals surface area contributed by atoms with E-state index < -0.39 is 0 Å². The zero-order valence-corrected chi connectivity index (χ0v) is 8.77. The number of hydrogen-bond donors (Lipinski definition) is 1. The van der Waals surface area contributed by atoms with Gasteiger partial charge >= 0.3 is 0 Å². The predicted octanol–water partition coefficient (Wildman–Crippen LogP) is 0.746. The average molecular weight is 202 g/mol. The van der Waals surface area contributed by atoms with E-state index in [1.807, 2.05) is 0 Å². The van der Waals surface area contributed by atoms with Gasteiger partial charge in [0.05, 0.1) is 13.0 Å². The van der Waals surface area contributed by atoms with Crippen LogP contribution in [0.1, 0.15) is 25.7 Å². The monoisotopic (exact) mass is 202 g/mol. The number of quaternary nitrogens is 1. The minimum absolute atomic E-state index is 0.692. The van der Waals surface area contributed by atoms with Gasteiger partial charge in [0.25, 0.3) is 5.22 Å². The van der Waals surface area contributed by atoms with Crippen LogP contribution in [0.2, 0.25) is 0 Å². The molecule has 1 aromatic rings. The molecule has 13 heavy (non-hydrogen) atoms. The molecule has 74 valence electrons. The van der Waals surface area contributed by atoms with Crippen LogP contribution in [0, 0.1) is 0 Å². The zero-order chi connectivity index (χ0) is 9.52. The molecule has 4 nitrogen and oxygen atoms in total. The van der Waals surface area contributed by atoms with Gasteiger partial charge in [-0.2, -0.15) is 0 Å². The standard InChI is InChI=1S/C8H15N3OS/c1-2-3-6-13-8-11-10-7(12-8)4-5-9/h2-6,9H2,1H3/p+1. The SMILES string of the molecule is CCCCSc1nnc(CC[NH3+])o1. The second-order valence-electron chi connectivity index (χ2n) is 2.77. The van der Waals surface area contributed by atoms with Crippen molar-refractivity contribution in [1.82, 2.24) is 10.2 Å². The molecule has 0 aliphatic carbocycles. The Morgan fingerprint density at radius 1 is 1.46 bits per heavy atom. The molecule has 0 unspecified atom stereocenters. The van der Waals surface area contributed by atoms with Crippen molar-refractivity contribution in [2.75, 3.05) is 12.3 Å². The molecule has 0 atom stereocenters. The third-order valence-electron chi connectivity index (χ3n) is 1.56. The van der Waals surface area contributed by atoms with Crippen LogP contribution in [0.5, 0.6) is 0 Å². The van der Waals surface area contributed by atoms with Crippen LogP contribution < -0.4 is 5.73 Å². The minimum Gasteiger partial charge on any atom is -0.416 e. The molecule has 0 saturated heterocycles. The molecule has 0 fully saturated rings. The van der Waals surface area contributed by atoms with E-state index in [4.69, 9.17) is 4.42 Å². The van der Waals surface area contributed by atoms with Gasteiger partial charge in [0.1, 0.15) is 0 Å². The van der Waals surface area contributed by atoms with Gasteiger partial charge in [0, 0.05) is 5.75 Å². The van der Waals surface area contributed by atoms with Crippen LogP contribution >= 0.6 is 11.8 Å². The Morgan fingerprint density at radius 2 is 2.31 bits per heavy atom. The zero-order valence-electron chi connectivity index (χ0n) is 7.95. The van der Waals surface area contributed by atoms with Gasteiger partial charge < -0.3 is 10.2 Å². The van der Waals surface area contributed by atoms with Crippen molar-refractivity contribution >= 4 is 11.8 Å². The number of unbranched alkanes of at least 4 members (excludes halogenated alkanes) is 1. The molecule has 0 bridgehead atoms. The van der Waals surface area contributed by atoms with Crippen LogP contribution in [0.25, 0.3) is 0 Å². The van der Waals surface area contributed by atoms with Gasteiger partial charge in [-0.05, 0) is 6.42 Å². The molecule has 5 heteroatoms. The summed E-state index contributed by atoms with van der Waals surface area (Å²) < 4.78 is 5.37. The molecule has 0 radical (unpaired) electrons. The van der Waals surface area contributed by atoms with Gasteiger partial charge in [-0.3, -0.25) is 0 Å². The van der Waals surface area contributed by atoms with Crippen molar-refractivity contribution in [1.29, 1.82) is 0 Å². The number of thioether (sulfide) groups is 1. The van der Waals surface area contributed by atoms with E-state index in [9.17, 15) is 0 Å². The fourth-order valence-electron chi connectivity index (χ4n) is 0.853. The van der Waals surface area contributed by atoms with Crippen LogP contribution in [-0.4, -0.2) is 22.5 Å². The molecule has 0 aliphatic rings. The van der Waals surface area contributed by atoms with Crippen LogP contribution in [0.15, 0.2) is 9.64 Å². The van der Waals surface area contributed by atoms with Crippen molar-refractivity contribution in [3.63, 3.8) is 0 Å². The van der Waals surface area contributed by atoms with Crippen molar-refractivity contribution in [2.24, 2.45) is 0 Å². The molecule has 0 saturated carbocycles. The van der Waals surface area contributed by atoms with E-state index in [0.717, 1.165) is 18.7 Å². The van der Waals surface area contributed by atoms with Crippen LogP contribution in [0.4, 0.5) is 0 Å². The smallest absolute Gasteiger partial charge is 0.276 e. The highest BCUT2D eigenvalue weighted by molar-refractivity contribution is 7.99. The Balaban J connectivity index is 2.31. The summed E-state index contributed by atoms with van der Waals surface area (Å²) in [6.45, 7) is 2.98. The summed E-state index contributed by atoms with van der Waals surface area (Å²) in [7, 11) is 0. The summed E-state index contributed by atoms with van der Waals surface area (Å²) in [5.41, 5.74) is 3.73. The Morgan fingerprint density at radius 3 is 3.00 bits per heavy atom. The third-order valence-corrected chi connectivity index (χ3v) is 2.47. The molecule has 0 spiro atoms. The van der Waals surface area contributed by atoms with Crippen molar-refractivity contribution in [3.8, 4) is 0 Å². The van der Waals surface area contributed by atoms with Crippen LogP contribution in [0.3, 0.4) is 0 Å². The maximum absolute atomic E-state index is 5.37. The highest BCUT2D eigenvalue weighted by atomic mass is 32.2.